The Morgan fingerprint density at radius 1 is 1.43 bits per heavy atom. The maximum absolute atomic E-state index is 9.67. The van der Waals surface area contributed by atoms with Gasteiger partial charge in [-0.05, 0) is 36.3 Å². The van der Waals surface area contributed by atoms with Crippen LogP contribution < -0.4 is 0 Å². The van der Waals surface area contributed by atoms with E-state index in [-0.39, 0.29) is 10.8 Å². The van der Waals surface area contributed by atoms with E-state index in [9.17, 15) is 5.11 Å². The van der Waals surface area contributed by atoms with E-state index in [0.717, 1.165) is 6.42 Å². The van der Waals surface area contributed by atoms with Gasteiger partial charge in [0.05, 0.1) is 0 Å². The number of fused-ring (bicyclic) bond motifs is 5. The van der Waals surface area contributed by atoms with Crippen LogP contribution in [0.15, 0.2) is 23.3 Å². The van der Waals surface area contributed by atoms with Crippen molar-refractivity contribution < 1.29 is 5.11 Å². The van der Waals surface area contributed by atoms with E-state index < -0.39 is 0 Å². The molecule has 0 radical (unpaired) electrons. The van der Waals surface area contributed by atoms with Gasteiger partial charge in [-0.2, -0.15) is 0 Å². The van der Waals surface area contributed by atoms with Crippen LogP contribution in [0.5, 0.6) is 0 Å². The van der Waals surface area contributed by atoms with Crippen LogP contribution in [0.3, 0.4) is 0 Å². The van der Waals surface area contributed by atoms with E-state index in [0.29, 0.717) is 12.5 Å². The molecule has 0 aromatic rings. The first kappa shape index (κ1) is 8.72. The average molecular weight is 190 g/mol. The third kappa shape index (κ3) is 0.661. The Balaban J connectivity index is 2.20. The predicted octanol–water partition coefficient (Wildman–Crippen LogP) is 2.67. The van der Waals surface area contributed by atoms with Crippen molar-refractivity contribution in [1.82, 2.24) is 0 Å². The van der Waals surface area contributed by atoms with E-state index in [1.165, 1.54) is 12.8 Å². The van der Waals surface area contributed by atoms with Gasteiger partial charge in [-0.25, -0.2) is 0 Å². The molecule has 2 bridgehead atoms. The molecule has 3 aliphatic carbocycles. The number of allylic oxidation sites excluding steroid dienone is 4. The van der Waals surface area contributed by atoms with Crippen molar-refractivity contribution in [1.29, 1.82) is 0 Å². The maximum Gasteiger partial charge on any atom is 0.0499 e. The summed E-state index contributed by atoms with van der Waals surface area (Å²) in [4.78, 5) is 0. The summed E-state index contributed by atoms with van der Waals surface area (Å²) >= 11 is 0. The van der Waals surface area contributed by atoms with Gasteiger partial charge in [0, 0.05) is 17.4 Å². The number of hydrogen-bond donors (Lipinski definition) is 1. The lowest BCUT2D eigenvalue weighted by Gasteiger charge is -2.36. The van der Waals surface area contributed by atoms with E-state index in [1.807, 2.05) is 0 Å². The fraction of sp³-hybridized carbons (Fsp3) is 0.692. The van der Waals surface area contributed by atoms with Gasteiger partial charge in [-0.15, -0.1) is 0 Å². The molecule has 0 aromatic heterocycles. The summed E-state index contributed by atoms with van der Waals surface area (Å²) in [5.74, 6) is 0.631. The van der Waals surface area contributed by atoms with Crippen LogP contribution in [0.1, 0.15) is 33.1 Å². The highest BCUT2D eigenvalue weighted by Crippen LogP contribution is 2.71. The first-order valence-corrected chi connectivity index (χ1v) is 5.65. The van der Waals surface area contributed by atoms with Crippen LogP contribution in [0.25, 0.3) is 0 Å². The predicted molar refractivity (Wildman–Crippen MR) is 56.8 cm³/mol. The minimum atomic E-state index is 0.116. The van der Waals surface area contributed by atoms with Gasteiger partial charge in [-0.3, -0.25) is 0 Å². The lowest BCUT2D eigenvalue weighted by Crippen LogP contribution is -2.35. The average Bonchev–Trinajstić information content (AvgIpc) is 2.77. The summed E-state index contributed by atoms with van der Waals surface area (Å²) < 4.78 is 0. The van der Waals surface area contributed by atoms with Crippen molar-refractivity contribution >= 4 is 0 Å². The Morgan fingerprint density at radius 2 is 2.21 bits per heavy atom. The first-order chi connectivity index (χ1) is 6.63. The van der Waals surface area contributed by atoms with E-state index in [1.54, 1.807) is 11.1 Å². The van der Waals surface area contributed by atoms with Crippen molar-refractivity contribution in [2.24, 2.45) is 16.7 Å². The van der Waals surface area contributed by atoms with E-state index in [4.69, 9.17) is 0 Å². The molecule has 0 aromatic carbocycles. The molecular formula is C13H18O. The van der Waals surface area contributed by atoms with Gasteiger partial charge in [-0.1, -0.05) is 26.0 Å². The van der Waals surface area contributed by atoms with Crippen LogP contribution >= 0.6 is 0 Å². The van der Waals surface area contributed by atoms with Crippen molar-refractivity contribution in [2.75, 3.05) is 6.61 Å². The Labute approximate surface area is 85.5 Å². The van der Waals surface area contributed by atoms with Gasteiger partial charge in [0.1, 0.15) is 0 Å². The maximum atomic E-state index is 9.67. The molecule has 2 saturated carbocycles. The normalized spacial score (nSPS) is 49.2. The van der Waals surface area contributed by atoms with Crippen molar-refractivity contribution in [2.45, 2.75) is 33.1 Å². The molecule has 3 unspecified atom stereocenters. The lowest BCUT2D eigenvalue weighted by atomic mass is 9.68. The highest BCUT2D eigenvalue weighted by atomic mass is 16.3. The summed E-state index contributed by atoms with van der Waals surface area (Å²) in [5.41, 5.74) is 3.50. The fourth-order valence-electron chi connectivity index (χ4n) is 4.05. The van der Waals surface area contributed by atoms with Crippen molar-refractivity contribution in [3.05, 3.63) is 23.3 Å². The second-order valence-corrected chi connectivity index (χ2v) is 5.51. The standard InChI is InChI=1S/C13H18O/c1-12-7-6-11(13(12,2)8-14)9-4-3-5-10(9)12/h4-5,11,14H,3,6-8H2,1-2H3. The number of aliphatic hydroxyl groups excluding tert-OH is 1. The van der Waals surface area contributed by atoms with Crippen molar-refractivity contribution in [3.8, 4) is 0 Å². The molecule has 0 spiro atoms. The summed E-state index contributed by atoms with van der Waals surface area (Å²) in [6.07, 6.45) is 8.41. The van der Waals surface area contributed by atoms with Gasteiger partial charge < -0.3 is 5.11 Å². The zero-order valence-corrected chi connectivity index (χ0v) is 9.01. The Hall–Kier alpha value is -0.560. The second-order valence-electron chi connectivity index (χ2n) is 5.51. The Bertz CT molecular complexity index is 352. The monoisotopic (exact) mass is 190 g/mol. The molecule has 3 atom stereocenters. The van der Waals surface area contributed by atoms with Gasteiger partial charge in [0.2, 0.25) is 0 Å². The van der Waals surface area contributed by atoms with Crippen LogP contribution in [-0.4, -0.2) is 11.7 Å². The number of rotatable bonds is 1. The topological polar surface area (TPSA) is 20.2 Å². The fourth-order valence-corrected chi connectivity index (χ4v) is 4.05. The Kier molecular flexibility index (Phi) is 1.45. The summed E-state index contributed by atoms with van der Waals surface area (Å²) in [5, 5.41) is 9.67. The molecule has 0 heterocycles. The molecule has 0 aliphatic heterocycles. The van der Waals surface area contributed by atoms with Gasteiger partial charge in [0.25, 0.3) is 0 Å². The van der Waals surface area contributed by atoms with Gasteiger partial charge >= 0.3 is 0 Å². The van der Waals surface area contributed by atoms with Crippen LogP contribution in [0.4, 0.5) is 0 Å². The summed E-state index contributed by atoms with van der Waals surface area (Å²) in [6, 6.07) is 0. The highest BCUT2D eigenvalue weighted by Gasteiger charge is 2.63. The first-order valence-electron chi connectivity index (χ1n) is 5.65. The minimum absolute atomic E-state index is 0.116. The van der Waals surface area contributed by atoms with E-state index >= 15 is 0 Å². The molecule has 1 heteroatoms. The smallest absolute Gasteiger partial charge is 0.0499 e. The zero-order chi connectivity index (χ0) is 9.97. The minimum Gasteiger partial charge on any atom is -0.396 e. The second kappa shape index (κ2) is 2.33. The number of hydrogen-bond acceptors (Lipinski definition) is 1. The molecular weight excluding hydrogens is 172 g/mol. The third-order valence-electron chi connectivity index (χ3n) is 5.23. The lowest BCUT2D eigenvalue weighted by molar-refractivity contribution is 0.0593. The van der Waals surface area contributed by atoms with Crippen LogP contribution in [-0.2, 0) is 0 Å². The molecule has 1 nitrogen and oxygen atoms in total. The van der Waals surface area contributed by atoms with E-state index in [2.05, 4.69) is 26.0 Å². The summed E-state index contributed by atoms with van der Waals surface area (Å²) in [6.45, 7) is 4.95. The third-order valence-corrected chi connectivity index (χ3v) is 5.23. The molecule has 76 valence electrons. The molecule has 3 rings (SSSR count). The van der Waals surface area contributed by atoms with Crippen LogP contribution in [0.2, 0.25) is 0 Å². The molecule has 0 saturated heterocycles. The number of aliphatic hydroxyl groups is 1. The van der Waals surface area contributed by atoms with Crippen molar-refractivity contribution in [3.63, 3.8) is 0 Å². The van der Waals surface area contributed by atoms with Gasteiger partial charge in [0.15, 0.2) is 0 Å². The SMILES string of the molecule is CC12CCC(C3=CCC=C31)C2(C)CO. The molecule has 2 fully saturated rings. The highest BCUT2D eigenvalue weighted by molar-refractivity contribution is 5.53. The molecule has 1 N–H and O–H groups in total. The molecule has 0 amide bonds. The Morgan fingerprint density at radius 3 is 2.86 bits per heavy atom. The summed E-state index contributed by atoms with van der Waals surface area (Å²) in [7, 11) is 0. The van der Waals surface area contributed by atoms with Crippen LogP contribution in [0, 0.1) is 16.7 Å². The molecule has 3 aliphatic rings. The quantitative estimate of drug-likeness (QED) is 0.674. The largest absolute Gasteiger partial charge is 0.396 e. The zero-order valence-electron chi connectivity index (χ0n) is 9.01. The molecule has 14 heavy (non-hydrogen) atoms.